The third-order valence-electron chi connectivity index (χ3n) is 6.08. The molecule has 15 nitrogen and oxygen atoms in total. The zero-order valence-corrected chi connectivity index (χ0v) is 21.5. The van der Waals surface area contributed by atoms with Crippen molar-refractivity contribution in [1.29, 1.82) is 0 Å². The third kappa shape index (κ3) is 5.72. The van der Waals surface area contributed by atoms with Crippen LogP contribution in [0.4, 0.5) is 5.82 Å². The quantitative estimate of drug-likeness (QED) is 0.176. The summed E-state index contributed by atoms with van der Waals surface area (Å²) in [5.41, 5.74) is 9.39. The van der Waals surface area contributed by atoms with Crippen molar-refractivity contribution < 1.29 is 28.4 Å². The number of carbonyl (C=O) groups is 2. The van der Waals surface area contributed by atoms with Crippen LogP contribution in [0, 0.1) is 0 Å². The van der Waals surface area contributed by atoms with Crippen LogP contribution in [0.2, 0.25) is 0 Å². The molecule has 0 bridgehead atoms. The number of ether oxygens (including phenoxy) is 3. The number of hydrogen-bond acceptors (Lipinski definition) is 13. The lowest BCUT2D eigenvalue weighted by molar-refractivity contribution is -0.132. The molecule has 202 valence electrons. The standard InChI is InChI=1S/C23H29N9O6/c1-13-7-5-6-8-31(13)12-16-19(26-30-32(16)22-21(24)28-38-29-22)23(34)27-25-11-15-9-17(35-3)20(37-14(2)33)18(10-15)36-4/h9-11,13H,5-8,12H2,1-4H3,(H2,24,28)(H,27,34)/b25-11+/t13-/m1/s1. The van der Waals surface area contributed by atoms with Crippen molar-refractivity contribution in [3.8, 4) is 23.1 Å². The molecule has 0 saturated carbocycles. The van der Waals surface area contributed by atoms with E-state index in [4.69, 9.17) is 24.6 Å². The van der Waals surface area contributed by atoms with Crippen molar-refractivity contribution in [3.63, 3.8) is 0 Å². The van der Waals surface area contributed by atoms with Gasteiger partial charge in [-0.2, -0.15) is 9.78 Å². The maximum Gasteiger partial charge on any atom is 0.308 e. The summed E-state index contributed by atoms with van der Waals surface area (Å²) in [7, 11) is 2.85. The van der Waals surface area contributed by atoms with E-state index in [1.165, 1.54) is 32.0 Å². The maximum atomic E-state index is 13.1. The second-order valence-electron chi connectivity index (χ2n) is 8.63. The van der Waals surface area contributed by atoms with Gasteiger partial charge in [0.2, 0.25) is 17.4 Å². The summed E-state index contributed by atoms with van der Waals surface area (Å²) in [5.74, 6) is -0.295. The van der Waals surface area contributed by atoms with Crippen LogP contribution in [0.3, 0.4) is 0 Å². The van der Waals surface area contributed by atoms with E-state index in [2.05, 4.69) is 43.0 Å². The van der Waals surface area contributed by atoms with Gasteiger partial charge in [0.25, 0.3) is 5.91 Å². The molecule has 1 aliphatic rings. The van der Waals surface area contributed by atoms with E-state index in [0.29, 0.717) is 23.8 Å². The monoisotopic (exact) mass is 527 g/mol. The number of hydrogen-bond donors (Lipinski definition) is 2. The van der Waals surface area contributed by atoms with Gasteiger partial charge in [0.05, 0.1) is 26.1 Å². The first-order valence-corrected chi connectivity index (χ1v) is 11.9. The number of likely N-dealkylation sites (tertiary alicyclic amines) is 1. The molecular weight excluding hydrogens is 498 g/mol. The van der Waals surface area contributed by atoms with E-state index in [0.717, 1.165) is 25.8 Å². The highest BCUT2D eigenvalue weighted by Crippen LogP contribution is 2.38. The molecule has 1 atom stereocenters. The summed E-state index contributed by atoms with van der Waals surface area (Å²) >= 11 is 0. The van der Waals surface area contributed by atoms with Crippen molar-refractivity contribution in [2.24, 2.45) is 5.10 Å². The van der Waals surface area contributed by atoms with E-state index in [-0.39, 0.29) is 34.6 Å². The van der Waals surface area contributed by atoms with Crippen molar-refractivity contribution in [2.75, 3.05) is 26.5 Å². The van der Waals surface area contributed by atoms with E-state index < -0.39 is 11.9 Å². The van der Waals surface area contributed by atoms with Crippen LogP contribution < -0.4 is 25.4 Å². The third-order valence-corrected chi connectivity index (χ3v) is 6.08. The summed E-state index contributed by atoms with van der Waals surface area (Å²) in [4.78, 5) is 26.8. The van der Waals surface area contributed by atoms with Gasteiger partial charge in [0, 0.05) is 25.1 Å². The Morgan fingerprint density at radius 3 is 2.58 bits per heavy atom. The van der Waals surface area contributed by atoms with Crippen LogP contribution in [0.5, 0.6) is 17.2 Å². The molecule has 38 heavy (non-hydrogen) atoms. The first-order chi connectivity index (χ1) is 18.3. The molecule has 1 amide bonds. The predicted molar refractivity (Wildman–Crippen MR) is 133 cm³/mol. The lowest BCUT2D eigenvalue weighted by Gasteiger charge is -2.33. The highest BCUT2D eigenvalue weighted by molar-refractivity contribution is 5.94. The van der Waals surface area contributed by atoms with Gasteiger partial charge in [-0.25, -0.2) is 10.1 Å². The molecular formula is C23H29N9O6. The maximum absolute atomic E-state index is 13.1. The van der Waals surface area contributed by atoms with Gasteiger partial charge >= 0.3 is 5.97 Å². The topological polar surface area (TPSA) is 185 Å². The molecule has 0 radical (unpaired) electrons. The molecule has 1 aromatic carbocycles. The Morgan fingerprint density at radius 2 is 1.97 bits per heavy atom. The summed E-state index contributed by atoms with van der Waals surface area (Å²) < 4.78 is 21.9. The SMILES string of the molecule is COc1cc(/C=N/NC(=O)c2nnn(-c3nonc3N)c2CN2CCCC[C@H]2C)cc(OC)c1OC(C)=O. The fraction of sp³-hybridized carbons (Fsp3) is 0.435. The Bertz CT molecular complexity index is 1310. The van der Waals surface area contributed by atoms with Crippen molar-refractivity contribution in [2.45, 2.75) is 45.7 Å². The molecule has 1 saturated heterocycles. The molecule has 3 aromatic rings. The number of nitrogen functional groups attached to an aromatic ring is 1. The van der Waals surface area contributed by atoms with Gasteiger partial charge in [-0.1, -0.05) is 11.6 Å². The van der Waals surface area contributed by atoms with E-state index in [9.17, 15) is 9.59 Å². The van der Waals surface area contributed by atoms with Crippen molar-refractivity contribution in [3.05, 3.63) is 29.1 Å². The normalized spacial score (nSPS) is 15.9. The molecule has 1 aliphatic heterocycles. The van der Waals surface area contributed by atoms with Gasteiger partial charge in [0.1, 0.15) is 0 Å². The predicted octanol–water partition coefficient (Wildman–Crippen LogP) is 1.31. The van der Waals surface area contributed by atoms with Crippen LogP contribution in [0.15, 0.2) is 21.9 Å². The Labute approximate surface area is 217 Å². The van der Waals surface area contributed by atoms with E-state index >= 15 is 0 Å². The largest absolute Gasteiger partial charge is 0.493 e. The average molecular weight is 528 g/mol. The van der Waals surface area contributed by atoms with Crippen LogP contribution in [0.25, 0.3) is 5.82 Å². The Morgan fingerprint density at radius 1 is 1.24 bits per heavy atom. The van der Waals surface area contributed by atoms with Crippen molar-refractivity contribution >= 4 is 23.9 Å². The van der Waals surface area contributed by atoms with E-state index in [1.54, 1.807) is 12.1 Å². The Balaban J connectivity index is 1.58. The van der Waals surface area contributed by atoms with Gasteiger partial charge in [0.15, 0.2) is 17.2 Å². The lowest BCUT2D eigenvalue weighted by atomic mass is 10.0. The minimum atomic E-state index is -0.586. The van der Waals surface area contributed by atoms with Crippen LogP contribution in [-0.2, 0) is 11.3 Å². The lowest BCUT2D eigenvalue weighted by Crippen LogP contribution is -2.38. The molecule has 1 fully saturated rings. The minimum absolute atomic E-state index is 0.0212. The zero-order chi connectivity index (χ0) is 27.2. The molecule has 4 rings (SSSR count). The number of carbonyl (C=O) groups excluding carboxylic acids is 2. The molecule has 3 N–H and O–H groups in total. The number of hydrazone groups is 1. The highest BCUT2D eigenvalue weighted by atomic mass is 16.6. The second-order valence-corrected chi connectivity index (χ2v) is 8.63. The number of amides is 1. The van der Waals surface area contributed by atoms with Crippen LogP contribution in [0.1, 0.15) is 54.9 Å². The number of piperidine rings is 1. The van der Waals surface area contributed by atoms with E-state index in [1.807, 2.05) is 0 Å². The number of nitrogens with zero attached hydrogens (tertiary/aromatic N) is 7. The number of methoxy groups -OCH3 is 2. The smallest absolute Gasteiger partial charge is 0.308 e. The fourth-order valence-electron chi connectivity index (χ4n) is 4.15. The van der Waals surface area contributed by atoms with Gasteiger partial charge < -0.3 is 19.9 Å². The number of esters is 1. The Hall–Kier alpha value is -4.53. The zero-order valence-electron chi connectivity index (χ0n) is 21.5. The number of rotatable bonds is 9. The number of benzene rings is 1. The first kappa shape index (κ1) is 26.5. The van der Waals surface area contributed by atoms with Gasteiger partial charge in [-0.3, -0.25) is 14.5 Å². The molecule has 0 aliphatic carbocycles. The van der Waals surface area contributed by atoms with Crippen molar-refractivity contribution in [1.82, 2.24) is 35.6 Å². The molecule has 0 unspecified atom stereocenters. The summed E-state index contributed by atoms with van der Waals surface area (Å²) in [6.45, 7) is 4.66. The van der Waals surface area contributed by atoms with Gasteiger partial charge in [-0.15, -0.1) is 5.10 Å². The number of aromatic nitrogens is 5. The van der Waals surface area contributed by atoms with Gasteiger partial charge in [-0.05, 0) is 48.8 Å². The summed E-state index contributed by atoms with van der Waals surface area (Å²) in [5, 5.41) is 19.6. The molecule has 15 heteroatoms. The molecule has 3 heterocycles. The Kier molecular flexibility index (Phi) is 8.15. The second kappa shape index (κ2) is 11.7. The fourth-order valence-corrected chi connectivity index (χ4v) is 4.15. The summed E-state index contributed by atoms with van der Waals surface area (Å²) in [6, 6.07) is 3.47. The number of anilines is 1. The average Bonchev–Trinajstić information content (AvgIpc) is 3.51. The minimum Gasteiger partial charge on any atom is -0.493 e. The van der Waals surface area contributed by atoms with Crippen LogP contribution in [-0.4, -0.2) is 75.1 Å². The first-order valence-electron chi connectivity index (χ1n) is 11.9. The van der Waals surface area contributed by atoms with Crippen LogP contribution >= 0.6 is 0 Å². The number of nitrogens with two attached hydrogens (primary N) is 1. The number of nitrogens with one attached hydrogen (secondary N) is 1. The summed E-state index contributed by atoms with van der Waals surface area (Å²) in [6.07, 6.45) is 4.63. The molecule has 2 aromatic heterocycles. The highest BCUT2D eigenvalue weighted by Gasteiger charge is 2.28. The molecule has 0 spiro atoms.